The van der Waals surface area contributed by atoms with Crippen LogP contribution in [-0.2, 0) is 23.9 Å². The van der Waals surface area contributed by atoms with Crippen molar-refractivity contribution >= 4 is 57.7 Å². The summed E-state index contributed by atoms with van der Waals surface area (Å²) in [4.78, 5) is 57.9. The smallest absolute Gasteiger partial charge is 0.408 e. The van der Waals surface area contributed by atoms with E-state index >= 15 is 0 Å². The highest BCUT2D eigenvalue weighted by Crippen LogP contribution is 2.45. The topological polar surface area (TPSA) is 127 Å². The van der Waals surface area contributed by atoms with Crippen molar-refractivity contribution in [2.75, 3.05) is 11.1 Å². The maximum absolute atomic E-state index is 14.1. The number of nitrogens with zero attached hydrogens (tertiary/aromatic N) is 2. The number of benzene rings is 2. The van der Waals surface area contributed by atoms with Gasteiger partial charge >= 0.3 is 12.1 Å². The number of rotatable bonds is 7. The van der Waals surface area contributed by atoms with Gasteiger partial charge in [-0.05, 0) is 31.9 Å². The van der Waals surface area contributed by atoms with Crippen LogP contribution in [0.25, 0.3) is 5.57 Å². The fourth-order valence-corrected chi connectivity index (χ4v) is 6.96. The summed E-state index contributed by atoms with van der Waals surface area (Å²) in [7, 11) is 0. The highest BCUT2D eigenvalue weighted by molar-refractivity contribution is 8.00. The van der Waals surface area contributed by atoms with Crippen LogP contribution in [0.15, 0.2) is 72.6 Å². The number of carbonyl (C=O) groups excluding carboxylic acids is 4. The molecule has 2 N–H and O–H groups in total. The highest BCUT2D eigenvalue weighted by Gasteiger charge is 2.55. The average Bonchev–Trinajstić information content (AvgIpc) is 3.41. The first-order chi connectivity index (χ1) is 20.0. The van der Waals surface area contributed by atoms with Crippen molar-refractivity contribution in [2.24, 2.45) is 0 Å². The molecule has 1 aromatic heterocycles. The normalized spacial score (nSPS) is 18.2. The van der Waals surface area contributed by atoms with Gasteiger partial charge in [0, 0.05) is 24.4 Å². The molecule has 1 saturated heterocycles. The second-order valence-electron chi connectivity index (χ2n) is 10.7. The number of thiazole rings is 1. The Labute approximate surface area is 251 Å². The first kappa shape index (κ1) is 29.3. The molecule has 2 aromatic carbocycles. The minimum Gasteiger partial charge on any atom is -0.448 e. The summed E-state index contributed by atoms with van der Waals surface area (Å²) in [5, 5.41) is 5.14. The molecule has 42 heavy (non-hydrogen) atoms. The fourth-order valence-electron chi connectivity index (χ4n) is 4.60. The van der Waals surface area contributed by atoms with Gasteiger partial charge in [0.15, 0.2) is 11.2 Å². The number of hydrogen-bond acceptors (Lipinski definition) is 9. The third-order valence-corrected chi connectivity index (χ3v) is 8.60. The van der Waals surface area contributed by atoms with E-state index in [0.717, 1.165) is 11.1 Å². The molecule has 2 aliphatic heterocycles. The second-order valence-corrected chi connectivity index (χ2v) is 12.8. The van der Waals surface area contributed by atoms with E-state index in [4.69, 9.17) is 9.47 Å². The van der Waals surface area contributed by atoms with Crippen LogP contribution in [-0.4, -0.2) is 56.5 Å². The standard InChI is InChI=1S/C30H30N4O6S2/c1-17(35)32-28-31-15-21(42-28)20-16-41-26-22(33-29(38)40-30(2,3)4)25(36)34(26)23(20)27(37)39-24(18-11-7-5-8-12-18)19-13-9-6-10-14-19/h5-15,22,24,26H,16H2,1-4H3,(H,33,38)(H,31,32,35). The fraction of sp³-hybridized carbons (Fsp3) is 0.300. The Bertz CT molecular complexity index is 1490. The maximum atomic E-state index is 14.1. The van der Waals surface area contributed by atoms with E-state index in [-0.39, 0.29) is 11.6 Å². The molecule has 218 valence electrons. The van der Waals surface area contributed by atoms with Crippen molar-refractivity contribution < 1.29 is 28.7 Å². The van der Waals surface area contributed by atoms with Gasteiger partial charge in [-0.3, -0.25) is 14.5 Å². The Kier molecular flexibility index (Phi) is 8.37. The number of carbonyl (C=O) groups is 4. The lowest BCUT2D eigenvalue weighted by molar-refractivity contribution is -0.153. The molecule has 10 nitrogen and oxygen atoms in total. The minimum atomic E-state index is -0.871. The molecule has 0 aliphatic carbocycles. The van der Waals surface area contributed by atoms with Gasteiger partial charge in [0.25, 0.3) is 5.91 Å². The molecule has 5 rings (SSSR count). The molecule has 2 aliphatic rings. The van der Waals surface area contributed by atoms with Gasteiger partial charge in [-0.25, -0.2) is 14.6 Å². The maximum Gasteiger partial charge on any atom is 0.408 e. The largest absolute Gasteiger partial charge is 0.448 e. The molecule has 0 spiro atoms. The summed E-state index contributed by atoms with van der Waals surface area (Å²) in [5.74, 6) is -1.07. The van der Waals surface area contributed by atoms with Crippen LogP contribution < -0.4 is 10.6 Å². The minimum absolute atomic E-state index is 0.0841. The van der Waals surface area contributed by atoms with Crippen molar-refractivity contribution in [1.29, 1.82) is 0 Å². The SMILES string of the molecule is CC(=O)Nc1ncc(C2=C(C(=O)OC(c3ccccc3)c3ccccc3)N3C(=O)C(NC(=O)OC(C)(C)C)C3SC2)s1. The molecule has 3 heterocycles. The van der Waals surface area contributed by atoms with Crippen LogP contribution in [0.3, 0.4) is 0 Å². The molecule has 1 fully saturated rings. The molecule has 3 amide bonds. The summed E-state index contributed by atoms with van der Waals surface area (Å²) in [5.41, 5.74) is 1.44. The quantitative estimate of drug-likeness (QED) is 0.286. The van der Waals surface area contributed by atoms with Gasteiger partial charge in [0.05, 0.1) is 4.88 Å². The lowest BCUT2D eigenvalue weighted by Gasteiger charge is -2.49. The van der Waals surface area contributed by atoms with E-state index in [1.54, 1.807) is 27.0 Å². The van der Waals surface area contributed by atoms with Crippen LogP contribution in [0.2, 0.25) is 0 Å². The molecular formula is C30H30N4O6S2. The number of β-lactam (4-membered cyclic amide) rings is 1. The van der Waals surface area contributed by atoms with Gasteiger partial charge in [0.1, 0.15) is 22.7 Å². The molecule has 3 aromatic rings. The summed E-state index contributed by atoms with van der Waals surface area (Å²) in [6, 6.07) is 17.8. The van der Waals surface area contributed by atoms with E-state index in [1.807, 2.05) is 60.7 Å². The summed E-state index contributed by atoms with van der Waals surface area (Å²) < 4.78 is 11.5. The predicted octanol–water partition coefficient (Wildman–Crippen LogP) is 4.95. The zero-order valence-electron chi connectivity index (χ0n) is 23.5. The number of alkyl carbamates (subject to hydrolysis) is 1. The van der Waals surface area contributed by atoms with Crippen LogP contribution in [0.4, 0.5) is 9.93 Å². The van der Waals surface area contributed by atoms with E-state index in [9.17, 15) is 19.2 Å². The predicted molar refractivity (Wildman–Crippen MR) is 160 cm³/mol. The Balaban J connectivity index is 1.50. The summed E-state index contributed by atoms with van der Waals surface area (Å²) in [6.07, 6.45) is 0.118. The monoisotopic (exact) mass is 606 g/mol. The zero-order valence-corrected chi connectivity index (χ0v) is 25.1. The molecule has 2 atom stereocenters. The van der Waals surface area contributed by atoms with Crippen molar-refractivity contribution in [3.8, 4) is 0 Å². The zero-order chi connectivity index (χ0) is 30.0. The Morgan fingerprint density at radius 1 is 1.02 bits per heavy atom. The number of esters is 1. The molecule has 0 bridgehead atoms. The molecular weight excluding hydrogens is 576 g/mol. The van der Waals surface area contributed by atoms with Gasteiger partial charge in [-0.1, -0.05) is 72.0 Å². The Hall–Kier alpha value is -4.16. The number of anilines is 1. The summed E-state index contributed by atoms with van der Waals surface area (Å²) >= 11 is 2.60. The third-order valence-electron chi connectivity index (χ3n) is 6.35. The van der Waals surface area contributed by atoms with E-state index in [0.29, 0.717) is 21.3 Å². The van der Waals surface area contributed by atoms with E-state index in [2.05, 4.69) is 15.6 Å². The van der Waals surface area contributed by atoms with Crippen LogP contribution in [0.1, 0.15) is 49.8 Å². The van der Waals surface area contributed by atoms with Crippen molar-refractivity contribution in [2.45, 2.75) is 50.8 Å². The Morgan fingerprint density at radius 2 is 1.64 bits per heavy atom. The molecule has 2 unspecified atom stereocenters. The van der Waals surface area contributed by atoms with E-state index in [1.165, 1.54) is 34.9 Å². The molecule has 0 saturated carbocycles. The first-order valence-electron chi connectivity index (χ1n) is 13.2. The number of ether oxygens (including phenoxy) is 2. The van der Waals surface area contributed by atoms with Gasteiger partial charge < -0.3 is 20.1 Å². The van der Waals surface area contributed by atoms with Crippen molar-refractivity contribution in [1.82, 2.24) is 15.2 Å². The lowest BCUT2D eigenvalue weighted by atomic mass is 10.0. The van der Waals surface area contributed by atoms with Crippen LogP contribution in [0, 0.1) is 0 Å². The number of aromatic nitrogens is 1. The third kappa shape index (κ3) is 6.34. The average molecular weight is 607 g/mol. The van der Waals surface area contributed by atoms with E-state index < -0.39 is 41.1 Å². The second kappa shape index (κ2) is 12.0. The lowest BCUT2D eigenvalue weighted by Crippen LogP contribution is -2.70. The molecule has 0 radical (unpaired) electrons. The number of fused-ring (bicyclic) bond motifs is 1. The van der Waals surface area contributed by atoms with Crippen molar-refractivity contribution in [3.63, 3.8) is 0 Å². The molecule has 12 heteroatoms. The number of thioether (sulfide) groups is 1. The van der Waals surface area contributed by atoms with Gasteiger partial charge in [-0.2, -0.15) is 0 Å². The number of hydrogen-bond donors (Lipinski definition) is 2. The van der Waals surface area contributed by atoms with Gasteiger partial charge in [0.2, 0.25) is 5.91 Å². The number of nitrogens with one attached hydrogen (secondary N) is 2. The highest BCUT2D eigenvalue weighted by atomic mass is 32.2. The van der Waals surface area contributed by atoms with Crippen LogP contribution in [0.5, 0.6) is 0 Å². The summed E-state index contributed by atoms with van der Waals surface area (Å²) in [6.45, 7) is 6.59. The van der Waals surface area contributed by atoms with Gasteiger partial charge in [-0.15, -0.1) is 11.8 Å². The number of amides is 3. The Morgan fingerprint density at radius 3 is 2.21 bits per heavy atom. The first-order valence-corrected chi connectivity index (χ1v) is 15.1. The van der Waals surface area contributed by atoms with Crippen molar-refractivity contribution in [3.05, 3.63) is 88.6 Å². The van der Waals surface area contributed by atoms with Crippen LogP contribution >= 0.6 is 23.1 Å².